The van der Waals surface area contributed by atoms with Gasteiger partial charge in [0.2, 0.25) is 0 Å². The Bertz CT molecular complexity index is 704. The van der Waals surface area contributed by atoms with E-state index in [-0.39, 0.29) is 12.4 Å². The standard InChI is InChI=1S/C28H49NO5/c1-6-7-14-17-24-20-23(2)26(33-24)18-15-12-10-8-9-11-13-16-19-28(32)34-25(21-27(30)31)22-29(3,4)5/h20,25H,6-19,21-22H2,1-5H3/p+1. The van der Waals surface area contributed by atoms with Crippen LogP contribution >= 0.6 is 0 Å². The molecule has 1 N–H and O–H groups in total. The maximum absolute atomic E-state index is 12.1. The molecule has 0 aromatic carbocycles. The fraction of sp³-hybridized carbons (Fsp3) is 0.786. The van der Waals surface area contributed by atoms with E-state index in [0.717, 1.165) is 37.9 Å². The summed E-state index contributed by atoms with van der Waals surface area (Å²) in [5.41, 5.74) is 1.30. The van der Waals surface area contributed by atoms with Crippen molar-refractivity contribution < 1.29 is 28.3 Å². The number of carbonyl (C=O) groups excluding carboxylic acids is 1. The first-order valence-corrected chi connectivity index (χ1v) is 13.4. The average molecular weight is 481 g/mol. The number of hydrogen-bond donors (Lipinski definition) is 1. The molecule has 0 saturated carbocycles. The quantitative estimate of drug-likeness (QED) is 0.131. The highest BCUT2D eigenvalue weighted by Crippen LogP contribution is 2.20. The van der Waals surface area contributed by atoms with Gasteiger partial charge in [0.1, 0.15) is 18.1 Å². The number of esters is 1. The van der Waals surface area contributed by atoms with Crippen molar-refractivity contribution in [2.45, 2.75) is 116 Å². The van der Waals surface area contributed by atoms with Crippen LogP contribution in [0.3, 0.4) is 0 Å². The van der Waals surface area contributed by atoms with Crippen molar-refractivity contribution in [3.05, 3.63) is 23.2 Å². The zero-order valence-corrected chi connectivity index (χ0v) is 22.5. The van der Waals surface area contributed by atoms with Gasteiger partial charge in [0.25, 0.3) is 0 Å². The fourth-order valence-corrected chi connectivity index (χ4v) is 4.32. The van der Waals surface area contributed by atoms with Crippen molar-refractivity contribution in [3.8, 4) is 0 Å². The summed E-state index contributed by atoms with van der Waals surface area (Å²) in [4.78, 5) is 23.1. The highest BCUT2D eigenvalue weighted by molar-refractivity contribution is 5.71. The number of unbranched alkanes of at least 4 members (excludes halogenated alkanes) is 9. The number of carboxylic acids is 1. The number of rotatable bonds is 20. The van der Waals surface area contributed by atoms with Crippen LogP contribution in [0.5, 0.6) is 0 Å². The molecule has 0 aliphatic rings. The van der Waals surface area contributed by atoms with E-state index in [2.05, 4.69) is 19.9 Å². The van der Waals surface area contributed by atoms with Crippen LogP contribution in [-0.2, 0) is 27.2 Å². The molecule has 0 radical (unpaired) electrons. The summed E-state index contributed by atoms with van der Waals surface area (Å²) < 4.78 is 12.0. The molecule has 0 fully saturated rings. The minimum absolute atomic E-state index is 0.138. The van der Waals surface area contributed by atoms with Gasteiger partial charge >= 0.3 is 11.9 Å². The van der Waals surface area contributed by atoms with Gasteiger partial charge in [0, 0.05) is 19.3 Å². The predicted octanol–water partition coefficient (Wildman–Crippen LogP) is 6.47. The van der Waals surface area contributed by atoms with E-state index in [9.17, 15) is 9.59 Å². The molecule has 1 aromatic heterocycles. The number of furan rings is 1. The highest BCUT2D eigenvalue weighted by atomic mass is 16.5. The molecule has 1 rings (SSSR count). The van der Waals surface area contributed by atoms with E-state index in [1.54, 1.807) is 0 Å². The number of carboxylic acid groups (broad SMARTS) is 1. The largest absolute Gasteiger partial charge is 0.481 e. The van der Waals surface area contributed by atoms with E-state index < -0.39 is 12.1 Å². The lowest BCUT2D eigenvalue weighted by atomic mass is 10.1. The molecule has 6 nitrogen and oxygen atoms in total. The van der Waals surface area contributed by atoms with Gasteiger partial charge in [-0.15, -0.1) is 0 Å². The number of nitrogens with zero attached hydrogens (tertiary/aromatic N) is 1. The molecule has 0 amide bonds. The molecule has 196 valence electrons. The number of quaternary nitrogens is 1. The topological polar surface area (TPSA) is 76.7 Å². The molecular formula is C28H50NO5+. The first-order valence-electron chi connectivity index (χ1n) is 13.4. The zero-order valence-electron chi connectivity index (χ0n) is 22.5. The lowest BCUT2D eigenvalue weighted by Crippen LogP contribution is -2.43. The highest BCUT2D eigenvalue weighted by Gasteiger charge is 2.24. The Hall–Kier alpha value is -1.82. The lowest BCUT2D eigenvalue weighted by molar-refractivity contribution is -0.873. The van der Waals surface area contributed by atoms with E-state index in [1.165, 1.54) is 62.7 Å². The Morgan fingerprint density at radius 2 is 1.53 bits per heavy atom. The molecule has 1 unspecified atom stereocenters. The monoisotopic (exact) mass is 480 g/mol. The fourth-order valence-electron chi connectivity index (χ4n) is 4.32. The van der Waals surface area contributed by atoms with Crippen molar-refractivity contribution in [2.75, 3.05) is 27.7 Å². The zero-order chi connectivity index (χ0) is 25.4. The van der Waals surface area contributed by atoms with Crippen molar-refractivity contribution in [1.82, 2.24) is 0 Å². The van der Waals surface area contributed by atoms with Crippen molar-refractivity contribution >= 4 is 11.9 Å². The SMILES string of the molecule is CCCCCc1cc(C)c(CCCCCCCCCCC(=O)OC(CC(=O)O)C[N+](C)(C)C)o1. The van der Waals surface area contributed by atoms with Gasteiger partial charge in [-0.05, 0) is 37.8 Å². The molecule has 0 aliphatic carbocycles. The second-order valence-electron chi connectivity index (χ2n) is 10.8. The van der Waals surface area contributed by atoms with Crippen LogP contribution in [0.15, 0.2) is 10.5 Å². The van der Waals surface area contributed by atoms with Gasteiger partial charge in [-0.25, -0.2) is 0 Å². The molecular weight excluding hydrogens is 430 g/mol. The molecule has 0 spiro atoms. The third-order valence-electron chi connectivity index (χ3n) is 6.08. The summed E-state index contributed by atoms with van der Waals surface area (Å²) in [6.07, 6.45) is 14.5. The maximum atomic E-state index is 12.1. The second kappa shape index (κ2) is 16.7. The first kappa shape index (κ1) is 30.2. The minimum atomic E-state index is -0.933. The van der Waals surface area contributed by atoms with Gasteiger partial charge in [-0.2, -0.15) is 0 Å². The third kappa shape index (κ3) is 15.2. The van der Waals surface area contributed by atoms with Crippen molar-refractivity contribution in [3.63, 3.8) is 0 Å². The normalized spacial score (nSPS) is 12.6. The Kier molecular flexibility index (Phi) is 14.9. The van der Waals surface area contributed by atoms with E-state index >= 15 is 0 Å². The van der Waals surface area contributed by atoms with Crippen molar-refractivity contribution in [1.29, 1.82) is 0 Å². The number of carbonyl (C=O) groups is 2. The number of ether oxygens (including phenoxy) is 1. The summed E-state index contributed by atoms with van der Waals surface area (Å²) in [6, 6.07) is 2.22. The number of likely N-dealkylation sites (N-methyl/N-ethyl adjacent to an activating group) is 1. The number of hydrogen-bond acceptors (Lipinski definition) is 4. The molecule has 1 atom stereocenters. The molecule has 0 saturated heterocycles. The summed E-state index contributed by atoms with van der Waals surface area (Å²) in [7, 11) is 5.89. The minimum Gasteiger partial charge on any atom is -0.481 e. The Balaban J connectivity index is 2.07. The summed E-state index contributed by atoms with van der Waals surface area (Å²) in [6.45, 7) is 4.89. The van der Waals surface area contributed by atoms with Crippen LogP contribution < -0.4 is 0 Å². The van der Waals surface area contributed by atoms with Gasteiger partial charge in [-0.3, -0.25) is 9.59 Å². The molecule has 6 heteroatoms. The lowest BCUT2D eigenvalue weighted by Gasteiger charge is -2.28. The second-order valence-corrected chi connectivity index (χ2v) is 10.8. The van der Waals surface area contributed by atoms with Gasteiger partial charge in [-0.1, -0.05) is 58.3 Å². The third-order valence-corrected chi connectivity index (χ3v) is 6.08. The van der Waals surface area contributed by atoms with Crippen LogP contribution in [0.4, 0.5) is 0 Å². The van der Waals surface area contributed by atoms with Crippen molar-refractivity contribution in [2.24, 2.45) is 0 Å². The smallest absolute Gasteiger partial charge is 0.307 e. The van der Waals surface area contributed by atoms with Crippen LogP contribution in [0.2, 0.25) is 0 Å². The van der Waals surface area contributed by atoms with E-state index in [1.807, 2.05) is 21.1 Å². The van der Waals surface area contributed by atoms with Crippen LogP contribution in [-0.4, -0.2) is 55.3 Å². The molecule has 1 heterocycles. The van der Waals surface area contributed by atoms with Crippen LogP contribution in [0.1, 0.15) is 107 Å². The van der Waals surface area contributed by atoms with E-state index in [4.69, 9.17) is 14.3 Å². The van der Waals surface area contributed by atoms with Gasteiger partial charge < -0.3 is 18.7 Å². The summed E-state index contributed by atoms with van der Waals surface area (Å²) in [5.74, 6) is 1.11. The number of aliphatic carboxylic acids is 1. The molecule has 0 aliphatic heterocycles. The Morgan fingerprint density at radius 1 is 0.941 bits per heavy atom. The Morgan fingerprint density at radius 3 is 2.12 bits per heavy atom. The molecule has 0 bridgehead atoms. The first-order chi connectivity index (χ1) is 16.1. The summed E-state index contributed by atoms with van der Waals surface area (Å²) >= 11 is 0. The maximum Gasteiger partial charge on any atom is 0.307 e. The average Bonchev–Trinajstić information content (AvgIpc) is 3.07. The predicted molar refractivity (Wildman–Crippen MR) is 137 cm³/mol. The molecule has 34 heavy (non-hydrogen) atoms. The van der Waals surface area contributed by atoms with Gasteiger partial charge in [0.05, 0.1) is 27.6 Å². The van der Waals surface area contributed by atoms with Gasteiger partial charge in [0.15, 0.2) is 6.10 Å². The molecule has 1 aromatic rings. The summed E-state index contributed by atoms with van der Waals surface area (Å²) in [5, 5.41) is 9.05. The van der Waals surface area contributed by atoms with Crippen LogP contribution in [0, 0.1) is 6.92 Å². The van der Waals surface area contributed by atoms with E-state index in [0.29, 0.717) is 17.4 Å². The number of aryl methyl sites for hydroxylation is 3. The Labute approximate surface area is 207 Å². The van der Waals surface area contributed by atoms with Crippen LogP contribution in [0.25, 0.3) is 0 Å².